The Hall–Kier alpha value is -1.42. The van der Waals surface area contributed by atoms with E-state index in [1.165, 1.54) is 12.1 Å². The lowest BCUT2D eigenvalue weighted by Crippen LogP contribution is -1.99. The van der Waals surface area contributed by atoms with Crippen molar-refractivity contribution in [3.05, 3.63) is 39.4 Å². The van der Waals surface area contributed by atoms with Crippen LogP contribution in [-0.4, -0.2) is 10.2 Å². The summed E-state index contributed by atoms with van der Waals surface area (Å²) in [6.45, 7) is 2.07. The van der Waals surface area contributed by atoms with E-state index in [0.29, 0.717) is 12.0 Å². The highest BCUT2D eigenvalue weighted by molar-refractivity contribution is 6.67. The van der Waals surface area contributed by atoms with Crippen LogP contribution in [0.5, 0.6) is 0 Å². The van der Waals surface area contributed by atoms with Gasteiger partial charge in [-0.05, 0) is 30.5 Å². The number of nitrogens with zero attached hydrogens (tertiary/aromatic N) is 1. The molecule has 0 aliphatic carbocycles. The molecule has 92 valence electrons. The van der Waals surface area contributed by atoms with Crippen LogP contribution in [0.15, 0.2) is 18.2 Å². The summed E-state index contributed by atoms with van der Waals surface area (Å²) < 4.78 is 0. The van der Waals surface area contributed by atoms with Crippen molar-refractivity contribution in [2.75, 3.05) is 0 Å². The number of hydrogen-bond acceptors (Lipinski definition) is 3. The van der Waals surface area contributed by atoms with Gasteiger partial charge in [0, 0.05) is 17.2 Å². The number of rotatable bonds is 6. The first kappa shape index (κ1) is 13.6. The maximum absolute atomic E-state index is 10.9. The number of unbranched alkanes of at least 4 members (excludes halogenated alkanes) is 2. The van der Waals surface area contributed by atoms with Crippen LogP contribution in [0.4, 0.5) is 5.69 Å². The van der Waals surface area contributed by atoms with E-state index in [4.69, 9.17) is 11.6 Å². The van der Waals surface area contributed by atoms with Crippen LogP contribution in [0.25, 0.3) is 0 Å². The number of halogens is 1. The van der Waals surface area contributed by atoms with Gasteiger partial charge in [0.1, 0.15) is 0 Å². The Morgan fingerprint density at radius 1 is 1.41 bits per heavy atom. The lowest BCUT2D eigenvalue weighted by molar-refractivity contribution is -0.385. The van der Waals surface area contributed by atoms with Gasteiger partial charge in [-0.15, -0.1) is 0 Å². The molecule has 0 bridgehead atoms. The largest absolute Gasteiger partial charge is 0.276 e. The van der Waals surface area contributed by atoms with Crippen LogP contribution < -0.4 is 0 Å². The van der Waals surface area contributed by atoms with Gasteiger partial charge in [-0.3, -0.25) is 14.9 Å². The fourth-order valence-electron chi connectivity index (χ4n) is 1.63. The molecule has 0 aliphatic heterocycles. The first-order chi connectivity index (χ1) is 8.06. The van der Waals surface area contributed by atoms with Crippen LogP contribution in [0.2, 0.25) is 0 Å². The highest BCUT2D eigenvalue weighted by atomic mass is 35.5. The predicted octanol–water partition coefficient (Wildman–Crippen LogP) is 3.71. The van der Waals surface area contributed by atoms with E-state index in [9.17, 15) is 14.9 Å². The van der Waals surface area contributed by atoms with E-state index in [1.807, 2.05) is 0 Å². The average Bonchev–Trinajstić information content (AvgIpc) is 2.29. The molecule has 0 saturated heterocycles. The molecule has 0 atom stereocenters. The van der Waals surface area contributed by atoms with E-state index in [0.717, 1.165) is 19.3 Å². The summed E-state index contributed by atoms with van der Waals surface area (Å²) in [5.41, 5.74) is 0.801. The van der Waals surface area contributed by atoms with Crippen LogP contribution >= 0.6 is 11.6 Å². The number of aryl methyl sites for hydroxylation is 1. The third-order valence-corrected chi connectivity index (χ3v) is 2.78. The van der Waals surface area contributed by atoms with Gasteiger partial charge in [0.05, 0.1) is 4.92 Å². The summed E-state index contributed by atoms with van der Waals surface area (Å²) in [7, 11) is 0. The van der Waals surface area contributed by atoms with Gasteiger partial charge >= 0.3 is 0 Å². The van der Waals surface area contributed by atoms with Gasteiger partial charge in [0.15, 0.2) is 0 Å². The zero-order chi connectivity index (χ0) is 12.8. The molecular formula is C12H14ClNO3. The molecule has 0 unspecified atom stereocenters. The molecule has 17 heavy (non-hydrogen) atoms. The number of carbonyl (C=O) groups is 1. The van der Waals surface area contributed by atoms with Gasteiger partial charge in [-0.2, -0.15) is 0 Å². The standard InChI is InChI=1S/C12H14ClNO3/c1-2-3-4-5-9-6-7-10(12(13)15)8-11(9)14(16)17/h6-8H,2-5H2,1H3. The topological polar surface area (TPSA) is 60.2 Å². The quantitative estimate of drug-likeness (QED) is 0.337. The molecule has 0 saturated carbocycles. The van der Waals surface area contributed by atoms with Crippen molar-refractivity contribution in [1.29, 1.82) is 0 Å². The van der Waals surface area contributed by atoms with E-state index in [-0.39, 0.29) is 11.3 Å². The average molecular weight is 256 g/mol. The minimum atomic E-state index is -0.673. The van der Waals surface area contributed by atoms with Gasteiger partial charge in [0.2, 0.25) is 0 Å². The van der Waals surface area contributed by atoms with Gasteiger partial charge in [0.25, 0.3) is 10.9 Å². The van der Waals surface area contributed by atoms with Crippen molar-refractivity contribution < 1.29 is 9.72 Å². The minimum Gasteiger partial charge on any atom is -0.276 e. The van der Waals surface area contributed by atoms with E-state index in [1.54, 1.807) is 6.07 Å². The SMILES string of the molecule is CCCCCc1ccc(C(=O)Cl)cc1[N+](=O)[O-]. The monoisotopic (exact) mass is 255 g/mol. The summed E-state index contributed by atoms with van der Waals surface area (Å²) in [5, 5.41) is 10.2. The van der Waals surface area contributed by atoms with Gasteiger partial charge < -0.3 is 0 Å². The maximum atomic E-state index is 10.9. The fraction of sp³-hybridized carbons (Fsp3) is 0.417. The number of nitro benzene ring substituents is 1. The Morgan fingerprint density at radius 3 is 2.65 bits per heavy atom. The minimum absolute atomic E-state index is 0.0207. The first-order valence-electron chi connectivity index (χ1n) is 5.53. The third-order valence-electron chi connectivity index (χ3n) is 2.56. The Bertz CT molecular complexity index is 432. The number of nitro groups is 1. The molecule has 0 heterocycles. The summed E-state index contributed by atoms with van der Waals surface area (Å²) in [4.78, 5) is 21.3. The molecule has 1 aromatic carbocycles. The summed E-state index contributed by atoms with van der Waals surface area (Å²) in [6, 6.07) is 4.39. The Kier molecular flexibility index (Phi) is 5.10. The van der Waals surface area contributed by atoms with E-state index in [2.05, 4.69) is 6.92 Å². The lowest BCUT2D eigenvalue weighted by Gasteiger charge is -2.03. The fourth-order valence-corrected chi connectivity index (χ4v) is 1.75. The normalized spacial score (nSPS) is 10.2. The molecule has 0 radical (unpaired) electrons. The van der Waals surface area contributed by atoms with Crippen molar-refractivity contribution in [2.24, 2.45) is 0 Å². The first-order valence-corrected chi connectivity index (χ1v) is 5.91. The zero-order valence-electron chi connectivity index (χ0n) is 9.61. The second-order valence-electron chi connectivity index (χ2n) is 3.83. The summed E-state index contributed by atoms with van der Waals surface area (Å²) in [6.07, 6.45) is 3.66. The number of carbonyl (C=O) groups excluding carboxylic acids is 1. The molecule has 5 heteroatoms. The molecule has 1 aromatic rings. The van der Waals surface area contributed by atoms with E-state index >= 15 is 0 Å². The molecule has 0 fully saturated rings. The van der Waals surface area contributed by atoms with Crippen molar-refractivity contribution in [2.45, 2.75) is 32.6 Å². The Morgan fingerprint density at radius 2 is 2.12 bits per heavy atom. The molecule has 0 amide bonds. The van der Waals surface area contributed by atoms with Crippen molar-refractivity contribution in [3.63, 3.8) is 0 Å². The van der Waals surface area contributed by atoms with E-state index < -0.39 is 10.2 Å². The Labute approximate surface area is 105 Å². The summed E-state index contributed by atoms with van der Waals surface area (Å²) in [5.74, 6) is 0. The third kappa shape index (κ3) is 3.82. The molecule has 1 rings (SSSR count). The molecule has 0 spiro atoms. The van der Waals surface area contributed by atoms with Crippen LogP contribution in [-0.2, 0) is 6.42 Å². The second-order valence-corrected chi connectivity index (χ2v) is 4.17. The van der Waals surface area contributed by atoms with Crippen molar-refractivity contribution >= 4 is 22.5 Å². The zero-order valence-corrected chi connectivity index (χ0v) is 10.4. The molecule has 4 nitrogen and oxygen atoms in total. The second kappa shape index (κ2) is 6.35. The molecule has 0 N–H and O–H groups in total. The van der Waals surface area contributed by atoms with Crippen LogP contribution in [0.1, 0.15) is 42.1 Å². The molecule has 0 aromatic heterocycles. The predicted molar refractivity (Wildman–Crippen MR) is 66.5 cm³/mol. The smallest absolute Gasteiger partial charge is 0.273 e. The molecular weight excluding hydrogens is 242 g/mol. The van der Waals surface area contributed by atoms with Gasteiger partial charge in [-0.1, -0.05) is 25.8 Å². The van der Waals surface area contributed by atoms with Crippen LogP contribution in [0, 0.1) is 10.1 Å². The van der Waals surface area contributed by atoms with Gasteiger partial charge in [-0.25, -0.2) is 0 Å². The maximum Gasteiger partial charge on any atom is 0.273 e. The van der Waals surface area contributed by atoms with Crippen LogP contribution in [0.3, 0.4) is 0 Å². The highest BCUT2D eigenvalue weighted by Crippen LogP contribution is 2.23. The number of benzene rings is 1. The summed E-state index contributed by atoms with van der Waals surface area (Å²) >= 11 is 5.30. The van der Waals surface area contributed by atoms with Crippen molar-refractivity contribution in [3.8, 4) is 0 Å². The Balaban J connectivity index is 2.96. The highest BCUT2D eigenvalue weighted by Gasteiger charge is 2.16. The number of hydrogen-bond donors (Lipinski definition) is 0. The lowest BCUT2D eigenvalue weighted by atomic mass is 10.0. The van der Waals surface area contributed by atoms with Crippen molar-refractivity contribution in [1.82, 2.24) is 0 Å². The molecule has 0 aliphatic rings.